The molecule has 3 rings (SSSR count). The molecule has 1 atom stereocenters. The lowest BCUT2D eigenvalue weighted by Crippen LogP contribution is -2.40. The second-order valence-electron chi connectivity index (χ2n) is 6.40. The van der Waals surface area contributed by atoms with E-state index >= 15 is 0 Å². The van der Waals surface area contributed by atoms with E-state index in [1.807, 2.05) is 12.1 Å². The lowest BCUT2D eigenvalue weighted by Gasteiger charge is -2.31. The molecule has 1 aliphatic rings. The Labute approximate surface area is 135 Å². The van der Waals surface area contributed by atoms with E-state index in [0.717, 1.165) is 24.4 Å². The monoisotopic (exact) mass is 317 g/mol. The number of β-amino-alcohol motifs (C(OH)–C–C–N with tert-alkyl or cyclic N) is 1. The third-order valence-electron chi connectivity index (χ3n) is 4.38. The highest BCUT2D eigenvalue weighted by Gasteiger charge is 2.18. The maximum absolute atomic E-state index is 11.3. The smallest absolute Gasteiger partial charge is 0.336 e. The van der Waals surface area contributed by atoms with E-state index in [4.69, 9.17) is 9.15 Å². The molecule has 1 N–H and O–H groups in total. The summed E-state index contributed by atoms with van der Waals surface area (Å²) in [7, 11) is 0. The minimum Gasteiger partial charge on any atom is -0.491 e. The minimum absolute atomic E-state index is 0.231. The summed E-state index contributed by atoms with van der Waals surface area (Å²) in [4.78, 5) is 13.5. The SMILES string of the molecule is CC1CCN(CC(O)COc2ccc3ccc(=O)oc3c2)CC1. The number of aliphatic hydroxyl groups is 1. The molecule has 0 amide bonds. The Balaban J connectivity index is 1.54. The maximum atomic E-state index is 11.3. The zero-order valence-corrected chi connectivity index (χ0v) is 13.4. The molecule has 1 aromatic carbocycles. The summed E-state index contributed by atoms with van der Waals surface area (Å²) in [6.45, 7) is 5.22. The molecule has 0 bridgehead atoms. The molecule has 23 heavy (non-hydrogen) atoms. The van der Waals surface area contributed by atoms with Gasteiger partial charge in [0.25, 0.3) is 0 Å². The standard InChI is InChI=1S/C18H23NO4/c1-13-6-8-19(9-7-13)11-15(20)12-22-16-4-2-14-3-5-18(21)23-17(14)10-16/h2-5,10,13,15,20H,6-9,11-12H2,1H3. The van der Waals surface area contributed by atoms with Gasteiger partial charge in [-0.15, -0.1) is 0 Å². The van der Waals surface area contributed by atoms with Crippen molar-refractivity contribution in [2.45, 2.75) is 25.9 Å². The van der Waals surface area contributed by atoms with Crippen LogP contribution in [0.2, 0.25) is 0 Å². The van der Waals surface area contributed by atoms with Crippen LogP contribution in [0.25, 0.3) is 11.0 Å². The highest BCUT2D eigenvalue weighted by Crippen LogP contribution is 2.20. The van der Waals surface area contributed by atoms with Crippen molar-refractivity contribution in [2.75, 3.05) is 26.2 Å². The molecule has 1 unspecified atom stereocenters. The zero-order chi connectivity index (χ0) is 16.2. The predicted molar refractivity (Wildman–Crippen MR) is 88.8 cm³/mol. The van der Waals surface area contributed by atoms with Crippen LogP contribution in [0, 0.1) is 5.92 Å². The fourth-order valence-corrected chi connectivity index (χ4v) is 2.92. The minimum atomic E-state index is -0.526. The van der Waals surface area contributed by atoms with E-state index in [1.165, 1.54) is 18.9 Å². The number of likely N-dealkylation sites (tertiary alicyclic amines) is 1. The van der Waals surface area contributed by atoms with Crippen molar-refractivity contribution < 1.29 is 14.3 Å². The summed E-state index contributed by atoms with van der Waals surface area (Å²) in [6.07, 6.45) is 1.86. The van der Waals surface area contributed by atoms with E-state index in [1.54, 1.807) is 12.1 Å². The Hall–Kier alpha value is -1.85. The number of nitrogens with zero attached hydrogens (tertiary/aromatic N) is 1. The van der Waals surface area contributed by atoms with Crippen LogP contribution < -0.4 is 10.4 Å². The van der Waals surface area contributed by atoms with Gasteiger partial charge in [0.2, 0.25) is 0 Å². The summed E-state index contributed by atoms with van der Waals surface area (Å²) >= 11 is 0. The maximum Gasteiger partial charge on any atom is 0.336 e. The van der Waals surface area contributed by atoms with E-state index in [2.05, 4.69) is 11.8 Å². The van der Waals surface area contributed by atoms with Gasteiger partial charge in [-0.05, 0) is 50.0 Å². The number of hydrogen-bond donors (Lipinski definition) is 1. The predicted octanol–water partition coefficient (Wildman–Crippen LogP) is 2.26. The summed E-state index contributed by atoms with van der Waals surface area (Å²) < 4.78 is 10.8. The van der Waals surface area contributed by atoms with Crippen LogP contribution in [-0.2, 0) is 0 Å². The van der Waals surface area contributed by atoms with E-state index in [0.29, 0.717) is 17.9 Å². The number of benzene rings is 1. The van der Waals surface area contributed by atoms with E-state index in [9.17, 15) is 9.90 Å². The first kappa shape index (κ1) is 16.0. The summed E-state index contributed by atoms with van der Waals surface area (Å²) in [5.41, 5.74) is 0.114. The van der Waals surface area contributed by atoms with Gasteiger partial charge >= 0.3 is 5.63 Å². The number of rotatable bonds is 5. The second kappa shape index (κ2) is 7.15. The average Bonchev–Trinajstić information content (AvgIpc) is 2.54. The van der Waals surface area contributed by atoms with E-state index < -0.39 is 6.10 Å². The first-order chi connectivity index (χ1) is 11.1. The largest absolute Gasteiger partial charge is 0.491 e. The molecule has 1 aromatic heterocycles. The molecule has 0 saturated carbocycles. The van der Waals surface area contributed by atoms with Crippen molar-refractivity contribution >= 4 is 11.0 Å². The van der Waals surface area contributed by atoms with Gasteiger partial charge in [0.15, 0.2) is 0 Å². The van der Waals surface area contributed by atoms with Crippen LogP contribution in [0.1, 0.15) is 19.8 Å². The van der Waals surface area contributed by atoms with Gasteiger partial charge in [-0.2, -0.15) is 0 Å². The molecule has 2 aromatic rings. The number of piperidine rings is 1. The quantitative estimate of drug-likeness (QED) is 0.857. The van der Waals surface area contributed by atoms with Gasteiger partial charge in [-0.3, -0.25) is 0 Å². The Morgan fingerprint density at radius 3 is 2.83 bits per heavy atom. The van der Waals surface area contributed by atoms with Crippen molar-refractivity contribution in [3.63, 3.8) is 0 Å². The van der Waals surface area contributed by atoms with Crippen molar-refractivity contribution in [1.82, 2.24) is 4.90 Å². The van der Waals surface area contributed by atoms with Crippen LogP contribution in [0.4, 0.5) is 0 Å². The molecule has 2 heterocycles. The Morgan fingerprint density at radius 2 is 2.04 bits per heavy atom. The van der Waals surface area contributed by atoms with Crippen molar-refractivity contribution in [3.8, 4) is 5.75 Å². The highest BCUT2D eigenvalue weighted by molar-refractivity contribution is 5.77. The zero-order valence-electron chi connectivity index (χ0n) is 13.4. The molecule has 1 saturated heterocycles. The third-order valence-corrected chi connectivity index (χ3v) is 4.38. The number of aliphatic hydroxyl groups excluding tert-OH is 1. The molecule has 5 nitrogen and oxygen atoms in total. The first-order valence-corrected chi connectivity index (χ1v) is 8.17. The molecular formula is C18H23NO4. The Morgan fingerprint density at radius 1 is 1.30 bits per heavy atom. The van der Waals surface area contributed by atoms with Crippen LogP contribution in [0.5, 0.6) is 5.75 Å². The lowest BCUT2D eigenvalue weighted by molar-refractivity contribution is 0.0563. The molecule has 0 radical (unpaired) electrons. The molecular weight excluding hydrogens is 294 g/mol. The fraction of sp³-hybridized carbons (Fsp3) is 0.500. The Kier molecular flexibility index (Phi) is 4.98. The topological polar surface area (TPSA) is 62.9 Å². The molecule has 1 aliphatic heterocycles. The third kappa shape index (κ3) is 4.33. The summed E-state index contributed by atoms with van der Waals surface area (Å²) in [5, 5.41) is 11.0. The van der Waals surface area contributed by atoms with Gasteiger partial charge in [0, 0.05) is 24.1 Å². The fourth-order valence-electron chi connectivity index (χ4n) is 2.92. The van der Waals surface area contributed by atoms with Crippen LogP contribution >= 0.6 is 0 Å². The number of fused-ring (bicyclic) bond motifs is 1. The first-order valence-electron chi connectivity index (χ1n) is 8.17. The lowest BCUT2D eigenvalue weighted by atomic mass is 9.99. The number of ether oxygens (including phenoxy) is 1. The summed E-state index contributed by atoms with van der Waals surface area (Å²) in [5.74, 6) is 1.38. The van der Waals surface area contributed by atoms with Crippen LogP contribution in [-0.4, -0.2) is 42.4 Å². The van der Waals surface area contributed by atoms with Gasteiger partial charge in [-0.1, -0.05) is 6.92 Å². The van der Waals surface area contributed by atoms with Crippen LogP contribution in [0.15, 0.2) is 39.5 Å². The summed E-state index contributed by atoms with van der Waals surface area (Å²) in [6, 6.07) is 8.46. The molecule has 5 heteroatoms. The van der Waals surface area contributed by atoms with Crippen LogP contribution in [0.3, 0.4) is 0 Å². The van der Waals surface area contributed by atoms with Crippen molar-refractivity contribution in [1.29, 1.82) is 0 Å². The van der Waals surface area contributed by atoms with Crippen molar-refractivity contribution in [2.24, 2.45) is 5.92 Å². The van der Waals surface area contributed by atoms with Crippen molar-refractivity contribution in [3.05, 3.63) is 40.8 Å². The number of hydrogen-bond acceptors (Lipinski definition) is 5. The van der Waals surface area contributed by atoms with Gasteiger partial charge in [-0.25, -0.2) is 4.79 Å². The normalized spacial score (nSPS) is 18.2. The Bertz CT molecular complexity index is 703. The molecule has 0 aliphatic carbocycles. The highest BCUT2D eigenvalue weighted by atomic mass is 16.5. The van der Waals surface area contributed by atoms with Gasteiger partial charge < -0.3 is 19.2 Å². The van der Waals surface area contributed by atoms with Gasteiger partial charge in [0.1, 0.15) is 24.0 Å². The second-order valence-corrected chi connectivity index (χ2v) is 6.40. The molecule has 0 spiro atoms. The van der Waals surface area contributed by atoms with E-state index in [-0.39, 0.29) is 12.2 Å². The molecule has 1 fully saturated rings. The average molecular weight is 317 g/mol. The van der Waals surface area contributed by atoms with Gasteiger partial charge in [0.05, 0.1) is 0 Å². The molecule has 124 valence electrons.